The molecule has 0 atom stereocenters. The number of hydrogen-bond donors (Lipinski definition) is 1. The van der Waals surface area contributed by atoms with Crippen LogP contribution in [0.1, 0.15) is 16.1 Å². The summed E-state index contributed by atoms with van der Waals surface area (Å²) in [5.41, 5.74) is 3.82. The summed E-state index contributed by atoms with van der Waals surface area (Å²) in [6.07, 6.45) is 1.62. The van der Waals surface area contributed by atoms with Crippen molar-refractivity contribution in [2.45, 2.75) is 6.92 Å². The second kappa shape index (κ2) is 7.36. The Morgan fingerprint density at radius 1 is 1.08 bits per heavy atom. The average molecular weight is 352 g/mol. The highest BCUT2D eigenvalue weighted by Crippen LogP contribution is 2.26. The molecule has 5 heteroatoms. The van der Waals surface area contributed by atoms with E-state index in [-0.39, 0.29) is 5.91 Å². The number of halogens is 1. The van der Waals surface area contributed by atoms with Crippen LogP contribution in [0, 0.1) is 6.92 Å². The maximum absolute atomic E-state index is 12.7. The van der Waals surface area contributed by atoms with Crippen molar-refractivity contribution in [1.29, 1.82) is 0 Å². The highest BCUT2D eigenvalue weighted by Gasteiger charge is 2.15. The molecule has 0 saturated carbocycles. The molecule has 126 valence electrons. The van der Waals surface area contributed by atoms with E-state index in [0.29, 0.717) is 10.7 Å². The van der Waals surface area contributed by atoms with Crippen LogP contribution in [0.25, 0.3) is 0 Å². The maximum Gasteiger partial charge on any atom is 0.276 e. The third-order valence-corrected chi connectivity index (χ3v) is 4.38. The van der Waals surface area contributed by atoms with E-state index >= 15 is 0 Å². The molecule has 1 N–H and O–H groups in total. The van der Waals surface area contributed by atoms with Crippen molar-refractivity contribution in [2.24, 2.45) is 0 Å². The Morgan fingerprint density at radius 3 is 2.60 bits per heavy atom. The predicted octanol–water partition coefficient (Wildman–Crippen LogP) is 5.06. The molecule has 0 bridgehead atoms. The number of hydrogen-bond acceptors (Lipinski definition) is 3. The van der Waals surface area contributed by atoms with Gasteiger partial charge in [-0.25, -0.2) is 0 Å². The van der Waals surface area contributed by atoms with Crippen molar-refractivity contribution < 1.29 is 4.79 Å². The predicted molar refractivity (Wildman–Crippen MR) is 103 cm³/mol. The lowest BCUT2D eigenvalue weighted by atomic mass is 10.2. The quantitative estimate of drug-likeness (QED) is 0.714. The largest absolute Gasteiger partial charge is 0.355 e. The van der Waals surface area contributed by atoms with Gasteiger partial charge in [0.1, 0.15) is 5.69 Å². The summed E-state index contributed by atoms with van der Waals surface area (Å²) in [5.74, 6) is -0.169. The van der Waals surface area contributed by atoms with Gasteiger partial charge in [-0.15, -0.1) is 0 Å². The number of nitrogens with one attached hydrogen (secondary N) is 1. The molecule has 0 aliphatic heterocycles. The first-order valence-electron chi connectivity index (χ1n) is 7.87. The van der Waals surface area contributed by atoms with Crippen LogP contribution in [0.4, 0.5) is 17.1 Å². The van der Waals surface area contributed by atoms with Gasteiger partial charge in [0, 0.05) is 35.3 Å². The molecule has 0 saturated heterocycles. The van der Waals surface area contributed by atoms with Crippen molar-refractivity contribution in [1.82, 2.24) is 4.98 Å². The Kier molecular flexibility index (Phi) is 5.00. The molecule has 1 aromatic heterocycles. The van der Waals surface area contributed by atoms with Crippen LogP contribution in [0.5, 0.6) is 0 Å². The normalized spacial score (nSPS) is 10.4. The lowest BCUT2D eigenvalue weighted by molar-refractivity contribution is 0.0988. The van der Waals surface area contributed by atoms with E-state index in [4.69, 9.17) is 11.6 Å². The average Bonchev–Trinajstić information content (AvgIpc) is 2.65. The molecule has 0 aliphatic carbocycles. The number of nitrogens with zero attached hydrogens (tertiary/aromatic N) is 2. The van der Waals surface area contributed by atoms with Gasteiger partial charge in [0.25, 0.3) is 5.91 Å². The second-order valence-electron chi connectivity index (χ2n) is 5.67. The van der Waals surface area contributed by atoms with Gasteiger partial charge in [-0.1, -0.05) is 35.9 Å². The Hall–Kier alpha value is -2.85. The van der Waals surface area contributed by atoms with E-state index in [0.717, 1.165) is 22.6 Å². The molecule has 0 radical (unpaired) electrons. The van der Waals surface area contributed by atoms with Crippen LogP contribution in [0.2, 0.25) is 5.02 Å². The highest BCUT2D eigenvalue weighted by atomic mass is 35.5. The second-order valence-corrected chi connectivity index (χ2v) is 6.07. The van der Waals surface area contributed by atoms with Crippen LogP contribution in [0.15, 0.2) is 66.9 Å². The van der Waals surface area contributed by atoms with Gasteiger partial charge in [-0.3, -0.25) is 9.78 Å². The third kappa shape index (κ3) is 3.80. The number of aromatic nitrogens is 1. The van der Waals surface area contributed by atoms with Gasteiger partial charge in [0.05, 0.1) is 0 Å². The Labute approximate surface area is 152 Å². The number of rotatable bonds is 4. The molecule has 1 heterocycles. The van der Waals surface area contributed by atoms with Crippen LogP contribution in [0.3, 0.4) is 0 Å². The van der Waals surface area contributed by atoms with Crippen LogP contribution >= 0.6 is 11.6 Å². The fourth-order valence-electron chi connectivity index (χ4n) is 2.46. The fraction of sp³-hybridized carbons (Fsp3) is 0.100. The van der Waals surface area contributed by atoms with Crippen LogP contribution in [-0.4, -0.2) is 17.9 Å². The SMILES string of the molecule is Cc1c(Cl)cccc1Nc1ccnc(C(=O)N(C)c2ccccc2)c1. The smallest absolute Gasteiger partial charge is 0.276 e. The molecule has 25 heavy (non-hydrogen) atoms. The summed E-state index contributed by atoms with van der Waals surface area (Å²) in [4.78, 5) is 18.5. The zero-order valence-corrected chi connectivity index (χ0v) is 14.8. The lowest BCUT2D eigenvalue weighted by Gasteiger charge is -2.17. The van der Waals surface area contributed by atoms with Gasteiger partial charge >= 0.3 is 0 Å². The van der Waals surface area contributed by atoms with Crippen LogP contribution < -0.4 is 10.2 Å². The number of pyridine rings is 1. The molecule has 2 aromatic carbocycles. The summed E-state index contributed by atoms with van der Waals surface area (Å²) in [7, 11) is 1.74. The van der Waals surface area contributed by atoms with E-state index in [1.165, 1.54) is 0 Å². The van der Waals surface area contributed by atoms with Gasteiger partial charge in [-0.2, -0.15) is 0 Å². The first kappa shape index (κ1) is 17.0. The monoisotopic (exact) mass is 351 g/mol. The number of benzene rings is 2. The molecular formula is C20H18ClN3O. The lowest BCUT2D eigenvalue weighted by Crippen LogP contribution is -2.27. The molecule has 0 fully saturated rings. The number of anilines is 3. The maximum atomic E-state index is 12.7. The Bertz CT molecular complexity index is 896. The number of carbonyl (C=O) groups is 1. The zero-order chi connectivity index (χ0) is 17.8. The molecule has 0 spiro atoms. The Morgan fingerprint density at radius 2 is 1.84 bits per heavy atom. The molecule has 3 rings (SSSR count). The topological polar surface area (TPSA) is 45.2 Å². The Balaban J connectivity index is 1.84. The van der Waals surface area contributed by atoms with Crippen molar-refractivity contribution in [3.05, 3.63) is 83.1 Å². The number of carbonyl (C=O) groups excluding carboxylic acids is 1. The summed E-state index contributed by atoms with van der Waals surface area (Å²) >= 11 is 6.16. The molecule has 1 amide bonds. The van der Waals surface area contributed by atoms with Crippen molar-refractivity contribution in [3.63, 3.8) is 0 Å². The van der Waals surface area contributed by atoms with E-state index < -0.39 is 0 Å². The van der Waals surface area contributed by atoms with Crippen molar-refractivity contribution in [2.75, 3.05) is 17.3 Å². The first-order chi connectivity index (χ1) is 12.1. The minimum atomic E-state index is -0.169. The van der Waals surface area contributed by atoms with Gasteiger partial charge < -0.3 is 10.2 Å². The molecular weight excluding hydrogens is 334 g/mol. The first-order valence-corrected chi connectivity index (χ1v) is 8.25. The molecule has 0 unspecified atom stereocenters. The van der Waals surface area contributed by atoms with E-state index in [1.807, 2.05) is 61.5 Å². The fourth-order valence-corrected chi connectivity index (χ4v) is 2.64. The van der Waals surface area contributed by atoms with E-state index in [1.54, 1.807) is 24.2 Å². The van der Waals surface area contributed by atoms with Gasteiger partial charge in [-0.05, 0) is 48.9 Å². The molecule has 3 aromatic rings. The summed E-state index contributed by atoms with van der Waals surface area (Å²) < 4.78 is 0. The van der Waals surface area contributed by atoms with Gasteiger partial charge in [0.15, 0.2) is 0 Å². The van der Waals surface area contributed by atoms with Gasteiger partial charge in [0.2, 0.25) is 0 Å². The summed E-state index contributed by atoms with van der Waals surface area (Å²) in [6.45, 7) is 1.95. The minimum Gasteiger partial charge on any atom is -0.355 e. The van der Waals surface area contributed by atoms with Crippen molar-refractivity contribution >= 4 is 34.6 Å². The highest BCUT2D eigenvalue weighted by molar-refractivity contribution is 6.31. The standard InChI is InChI=1S/C20H18ClN3O/c1-14-17(21)9-6-10-18(14)23-15-11-12-22-19(13-15)20(25)24(2)16-7-4-3-5-8-16/h3-13H,1-2H3,(H,22,23). The number of amides is 1. The van der Waals surface area contributed by atoms with E-state index in [2.05, 4.69) is 10.3 Å². The molecule has 4 nitrogen and oxygen atoms in total. The third-order valence-electron chi connectivity index (χ3n) is 3.97. The summed E-state index contributed by atoms with van der Waals surface area (Å²) in [6, 6.07) is 18.7. The van der Waals surface area contributed by atoms with E-state index in [9.17, 15) is 4.79 Å². The summed E-state index contributed by atoms with van der Waals surface area (Å²) in [5, 5.41) is 3.99. The number of para-hydroxylation sites is 1. The zero-order valence-electron chi connectivity index (χ0n) is 14.0. The molecule has 0 aliphatic rings. The minimum absolute atomic E-state index is 0.169. The van der Waals surface area contributed by atoms with Crippen LogP contribution in [-0.2, 0) is 0 Å². The van der Waals surface area contributed by atoms with Crippen molar-refractivity contribution in [3.8, 4) is 0 Å².